The lowest BCUT2D eigenvalue weighted by atomic mass is 9.88. The molecule has 0 bridgehead atoms. The number of sulfonamides is 1. The average Bonchev–Trinajstić information content (AvgIpc) is 3.20. The van der Waals surface area contributed by atoms with Crippen molar-refractivity contribution in [2.45, 2.75) is 31.1 Å². The van der Waals surface area contributed by atoms with Crippen LogP contribution in [0.15, 0.2) is 53.4 Å². The van der Waals surface area contributed by atoms with E-state index >= 15 is 0 Å². The molecule has 0 fully saturated rings. The summed E-state index contributed by atoms with van der Waals surface area (Å²) in [6.45, 7) is 2.16. The Kier molecular flexibility index (Phi) is 6.86. The molecule has 0 saturated carbocycles. The Morgan fingerprint density at radius 1 is 1.14 bits per heavy atom. The standard InChI is InChI=1S/C25H27N3O5S2/c1-15-8-13-18-21(14-15)34-25(22(18)23(26)29)27-24(30)16-9-11-17(12-10-16)35(31,32)28(2)19-6-4-5-7-20(19)33-3/h4-7,9-12,15H,8,13-14H2,1-3H3,(H2,26,29)(H,27,30). The van der Waals surface area contributed by atoms with Crippen LogP contribution in [-0.4, -0.2) is 34.4 Å². The van der Waals surface area contributed by atoms with Gasteiger partial charge in [-0.05, 0) is 67.1 Å². The number of hydrogen-bond acceptors (Lipinski definition) is 6. The molecule has 1 aliphatic carbocycles. The summed E-state index contributed by atoms with van der Waals surface area (Å²) in [6.07, 6.45) is 2.58. The molecular formula is C25H27N3O5S2. The lowest BCUT2D eigenvalue weighted by Gasteiger charge is -2.21. The zero-order valence-electron chi connectivity index (χ0n) is 19.7. The number of hydrogen-bond donors (Lipinski definition) is 2. The molecule has 0 saturated heterocycles. The number of nitrogens with two attached hydrogens (primary N) is 1. The van der Waals surface area contributed by atoms with Crippen LogP contribution in [0, 0.1) is 5.92 Å². The van der Waals surface area contributed by atoms with E-state index in [0.29, 0.717) is 27.9 Å². The lowest BCUT2D eigenvalue weighted by molar-refractivity contribution is 0.1000. The first kappa shape index (κ1) is 24.7. The number of carbonyl (C=O) groups is 2. The van der Waals surface area contributed by atoms with Crippen LogP contribution in [0.3, 0.4) is 0 Å². The molecule has 1 heterocycles. The lowest BCUT2D eigenvalue weighted by Crippen LogP contribution is -2.27. The van der Waals surface area contributed by atoms with E-state index in [1.807, 2.05) is 0 Å². The molecule has 1 unspecified atom stereocenters. The summed E-state index contributed by atoms with van der Waals surface area (Å²) in [5.74, 6) is -0.0730. The maximum atomic E-state index is 13.2. The van der Waals surface area contributed by atoms with Crippen LogP contribution in [0.1, 0.15) is 44.5 Å². The summed E-state index contributed by atoms with van der Waals surface area (Å²) in [7, 11) is -0.973. The molecule has 1 aliphatic rings. The second kappa shape index (κ2) is 9.71. The van der Waals surface area contributed by atoms with Gasteiger partial charge in [0, 0.05) is 17.5 Å². The van der Waals surface area contributed by atoms with Crippen molar-refractivity contribution in [3.05, 3.63) is 70.1 Å². The first-order valence-corrected chi connectivity index (χ1v) is 13.4. The number of rotatable bonds is 7. The number of ether oxygens (including phenoxy) is 1. The number of benzene rings is 2. The summed E-state index contributed by atoms with van der Waals surface area (Å²) in [5.41, 5.74) is 7.60. The average molecular weight is 514 g/mol. The largest absolute Gasteiger partial charge is 0.495 e. The topological polar surface area (TPSA) is 119 Å². The third-order valence-corrected chi connectivity index (χ3v) is 9.14. The van der Waals surface area contributed by atoms with Gasteiger partial charge in [0.25, 0.3) is 21.8 Å². The van der Waals surface area contributed by atoms with Crippen molar-refractivity contribution in [3.8, 4) is 5.75 Å². The number of fused-ring (bicyclic) bond motifs is 1. The summed E-state index contributed by atoms with van der Waals surface area (Å²) in [5, 5.41) is 3.24. The quantitative estimate of drug-likeness (QED) is 0.494. The molecule has 0 radical (unpaired) electrons. The normalized spacial score (nSPS) is 15.2. The minimum Gasteiger partial charge on any atom is -0.495 e. The number of anilines is 2. The van der Waals surface area contributed by atoms with Crippen molar-refractivity contribution in [1.82, 2.24) is 0 Å². The zero-order valence-corrected chi connectivity index (χ0v) is 21.3. The smallest absolute Gasteiger partial charge is 0.264 e. The molecule has 0 aliphatic heterocycles. The van der Waals surface area contributed by atoms with Crippen molar-refractivity contribution in [1.29, 1.82) is 0 Å². The number of thiophene rings is 1. The number of amides is 2. The van der Waals surface area contributed by atoms with Gasteiger partial charge in [-0.1, -0.05) is 19.1 Å². The van der Waals surface area contributed by atoms with Gasteiger partial charge < -0.3 is 15.8 Å². The Hall–Kier alpha value is -3.37. The minimum absolute atomic E-state index is 0.0286. The van der Waals surface area contributed by atoms with Gasteiger partial charge in [0.05, 0.1) is 23.3 Å². The molecule has 8 nitrogen and oxygen atoms in total. The highest BCUT2D eigenvalue weighted by atomic mass is 32.2. The first-order valence-electron chi connectivity index (χ1n) is 11.1. The van der Waals surface area contributed by atoms with E-state index < -0.39 is 21.8 Å². The molecule has 4 rings (SSSR count). The fourth-order valence-corrected chi connectivity index (χ4v) is 6.85. The number of carbonyl (C=O) groups excluding carboxylic acids is 2. The summed E-state index contributed by atoms with van der Waals surface area (Å²) >= 11 is 1.38. The maximum Gasteiger partial charge on any atom is 0.264 e. The van der Waals surface area contributed by atoms with Crippen molar-refractivity contribution in [2.24, 2.45) is 11.7 Å². The van der Waals surface area contributed by atoms with Crippen LogP contribution in [0.5, 0.6) is 5.75 Å². The number of methoxy groups -OCH3 is 1. The summed E-state index contributed by atoms with van der Waals surface area (Å²) < 4.78 is 32.7. The second-order valence-electron chi connectivity index (χ2n) is 8.54. The highest BCUT2D eigenvalue weighted by molar-refractivity contribution is 7.92. The van der Waals surface area contributed by atoms with E-state index in [2.05, 4.69) is 12.2 Å². The predicted molar refractivity (Wildman–Crippen MR) is 137 cm³/mol. The van der Waals surface area contributed by atoms with Gasteiger partial charge in [-0.3, -0.25) is 13.9 Å². The van der Waals surface area contributed by atoms with Crippen LogP contribution in [0.4, 0.5) is 10.7 Å². The Morgan fingerprint density at radius 3 is 2.49 bits per heavy atom. The SMILES string of the molecule is COc1ccccc1N(C)S(=O)(=O)c1ccc(C(=O)Nc2sc3c(c2C(N)=O)CCC(C)C3)cc1. The monoisotopic (exact) mass is 513 g/mol. The van der Waals surface area contributed by atoms with Crippen molar-refractivity contribution in [3.63, 3.8) is 0 Å². The zero-order chi connectivity index (χ0) is 25.3. The Bertz CT molecular complexity index is 1380. The van der Waals surface area contributed by atoms with E-state index in [1.165, 1.54) is 49.8 Å². The number of primary amides is 1. The van der Waals surface area contributed by atoms with Crippen LogP contribution in [0.25, 0.3) is 0 Å². The van der Waals surface area contributed by atoms with Gasteiger partial charge in [0.2, 0.25) is 0 Å². The van der Waals surface area contributed by atoms with Crippen molar-refractivity contribution >= 4 is 43.9 Å². The van der Waals surface area contributed by atoms with Gasteiger partial charge in [-0.2, -0.15) is 0 Å². The predicted octanol–water partition coefficient (Wildman–Crippen LogP) is 4.06. The van der Waals surface area contributed by atoms with Gasteiger partial charge in [-0.25, -0.2) is 8.42 Å². The molecule has 2 amide bonds. The summed E-state index contributed by atoms with van der Waals surface area (Å²) in [4.78, 5) is 26.2. The molecule has 2 aromatic carbocycles. The summed E-state index contributed by atoms with van der Waals surface area (Å²) in [6, 6.07) is 12.5. The van der Waals surface area contributed by atoms with Crippen LogP contribution >= 0.6 is 11.3 Å². The van der Waals surface area contributed by atoms with E-state index in [9.17, 15) is 18.0 Å². The van der Waals surface area contributed by atoms with Crippen molar-refractivity contribution < 1.29 is 22.7 Å². The molecule has 1 aromatic heterocycles. The minimum atomic E-state index is -3.89. The van der Waals surface area contributed by atoms with Gasteiger partial charge in [0.15, 0.2) is 0 Å². The van der Waals surface area contributed by atoms with E-state index in [4.69, 9.17) is 10.5 Å². The second-order valence-corrected chi connectivity index (χ2v) is 11.6. The fraction of sp³-hybridized carbons (Fsp3) is 0.280. The van der Waals surface area contributed by atoms with Gasteiger partial charge in [-0.15, -0.1) is 11.3 Å². The molecule has 10 heteroatoms. The Labute approximate surface area is 208 Å². The first-order chi connectivity index (χ1) is 16.6. The molecule has 1 atom stereocenters. The number of nitrogens with one attached hydrogen (secondary N) is 1. The van der Waals surface area contributed by atoms with Gasteiger partial charge in [0.1, 0.15) is 10.8 Å². The van der Waals surface area contributed by atoms with Crippen LogP contribution in [0.2, 0.25) is 0 Å². The third-order valence-electron chi connectivity index (χ3n) is 6.18. The van der Waals surface area contributed by atoms with Crippen LogP contribution < -0.4 is 20.1 Å². The molecule has 3 N–H and O–H groups in total. The highest BCUT2D eigenvalue weighted by Gasteiger charge is 2.28. The molecular weight excluding hydrogens is 486 g/mol. The highest BCUT2D eigenvalue weighted by Crippen LogP contribution is 2.39. The number of nitrogens with zero attached hydrogens (tertiary/aromatic N) is 1. The maximum absolute atomic E-state index is 13.2. The van der Waals surface area contributed by atoms with E-state index in [-0.39, 0.29) is 10.5 Å². The number of para-hydroxylation sites is 2. The Morgan fingerprint density at radius 2 is 1.83 bits per heavy atom. The Balaban J connectivity index is 1.57. The molecule has 3 aromatic rings. The molecule has 0 spiro atoms. The van der Waals surface area contributed by atoms with Crippen LogP contribution in [-0.2, 0) is 22.9 Å². The molecule has 184 valence electrons. The fourth-order valence-electron chi connectivity index (χ4n) is 4.23. The van der Waals surface area contributed by atoms with Crippen molar-refractivity contribution in [2.75, 3.05) is 23.8 Å². The van der Waals surface area contributed by atoms with Gasteiger partial charge >= 0.3 is 0 Å². The van der Waals surface area contributed by atoms with E-state index in [1.54, 1.807) is 24.3 Å². The third kappa shape index (κ3) is 4.76. The van der Waals surface area contributed by atoms with E-state index in [0.717, 1.165) is 34.0 Å². The molecule has 35 heavy (non-hydrogen) atoms.